The Morgan fingerprint density at radius 1 is 0.389 bits per heavy atom. The largest absolute Gasteiger partial charge is 0.494 e. The minimum Gasteiger partial charge on any atom is -0.494 e. The monoisotopic (exact) mass is 1300 g/mol. The van der Waals surface area contributed by atoms with Crippen molar-refractivity contribution >= 4 is 43.6 Å². The van der Waals surface area contributed by atoms with Crippen LogP contribution < -0.4 is 18.9 Å². The molecular weight excluding hydrogens is 1180 g/mol. The van der Waals surface area contributed by atoms with E-state index in [-0.39, 0.29) is 6.10 Å². The lowest BCUT2D eigenvalue weighted by Crippen LogP contribution is -2.19. The number of rotatable bonds is 37. The molecule has 10 aromatic rings. The van der Waals surface area contributed by atoms with Crippen molar-refractivity contribution in [1.29, 1.82) is 0 Å². The highest BCUT2D eigenvalue weighted by Gasteiger charge is 2.15. The van der Waals surface area contributed by atoms with Gasteiger partial charge >= 0.3 is 0 Å². The zero-order valence-electron chi connectivity index (χ0n) is 59.4. The summed E-state index contributed by atoms with van der Waals surface area (Å²) in [4.78, 5) is 9.33. The SMILES string of the molecule is CCCCN(C)Cc1[nH]nc2ccc(OC(C)Cc3ccccc3)cc12.CCCCN(C)Cc1[nH]nc2ccc(OCCC(C)C)cc12.CCCCN(C)Cc1[nH]nc2ccc(OCCCOC)cc12.CCCCN(C)Cc1[nH]nc2ccc(OCCc3ccccc3)cc12. The van der Waals surface area contributed by atoms with Crippen molar-refractivity contribution in [2.75, 3.05) is 87.9 Å². The van der Waals surface area contributed by atoms with Gasteiger partial charge in [-0.05, 0) is 183 Å². The molecular formula is C78H112N12O5. The van der Waals surface area contributed by atoms with Crippen LogP contribution in [0.4, 0.5) is 0 Å². The molecule has 0 aliphatic heterocycles. The number of nitrogens with zero attached hydrogens (tertiary/aromatic N) is 8. The Morgan fingerprint density at radius 3 is 1.11 bits per heavy atom. The van der Waals surface area contributed by atoms with E-state index in [4.69, 9.17) is 23.7 Å². The maximum absolute atomic E-state index is 6.17. The number of aromatic amines is 4. The molecule has 17 nitrogen and oxygen atoms in total. The zero-order chi connectivity index (χ0) is 67.6. The molecule has 0 aliphatic carbocycles. The molecule has 4 N–H and O–H groups in total. The number of benzene rings is 6. The minimum absolute atomic E-state index is 0.123. The Bertz CT molecular complexity index is 3690. The number of methoxy groups -OCH3 is 1. The molecule has 0 spiro atoms. The van der Waals surface area contributed by atoms with Crippen LogP contribution in [-0.4, -0.2) is 154 Å². The average molecular weight is 1300 g/mol. The second-order valence-corrected chi connectivity index (χ2v) is 25.8. The topological polar surface area (TPSA) is 174 Å². The van der Waals surface area contributed by atoms with Crippen LogP contribution in [-0.2, 0) is 43.8 Å². The van der Waals surface area contributed by atoms with Crippen molar-refractivity contribution in [1.82, 2.24) is 60.4 Å². The summed E-state index contributed by atoms with van der Waals surface area (Å²) in [5.41, 5.74) is 11.2. The van der Waals surface area contributed by atoms with Crippen LogP contribution >= 0.6 is 0 Å². The first-order valence-corrected chi connectivity index (χ1v) is 35.0. The van der Waals surface area contributed by atoms with E-state index in [1.165, 1.54) is 73.6 Å². The predicted octanol–water partition coefficient (Wildman–Crippen LogP) is 16.7. The lowest BCUT2D eigenvalue weighted by Gasteiger charge is -2.16. The van der Waals surface area contributed by atoms with Crippen molar-refractivity contribution in [3.05, 3.63) is 167 Å². The highest BCUT2D eigenvalue weighted by Crippen LogP contribution is 2.28. The van der Waals surface area contributed by atoms with Crippen LogP contribution in [0.15, 0.2) is 133 Å². The van der Waals surface area contributed by atoms with E-state index in [1.54, 1.807) is 7.11 Å². The molecule has 0 amide bonds. The number of ether oxygens (including phenoxy) is 5. The van der Waals surface area contributed by atoms with Gasteiger partial charge in [0.15, 0.2) is 0 Å². The molecule has 1 atom stereocenters. The second-order valence-electron chi connectivity index (χ2n) is 25.8. The van der Waals surface area contributed by atoms with Crippen LogP contribution in [0.5, 0.6) is 23.0 Å². The highest BCUT2D eigenvalue weighted by atomic mass is 16.5. The van der Waals surface area contributed by atoms with Gasteiger partial charge in [0, 0.05) is 80.7 Å². The van der Waals surface area contributed by atoms with Crippen molar-refractivity contribution in [3.63, 3.8) is 0 Å². The number of hydrogen-bond acceptors (Lipinski definition) is 13. The van der Waals surface area contributed by atoms with Crippen LogP contribution in [0.25, 0.3) is 43.6 Å². The van der Waals surface area contributed by atoms with Crippen LogP contribution in [0, 0.1) is 5.92 Å². The zero-order valence-corrected chi connectivity index (χ0v) is 59.4. The van der Waals surface area contributed by atoms with Gasteiger partial charge in [-0.2, -0.15) is 20.4 Å². The summed E-state index contributed by atoms with van der Waals surface area (Å²) < 4.78 is 28.8. The number of aromatic nitrogens is 8. The third-order valence-corrected chi connectivity index (χ3v) is 16.6. The normalized spacial score (nSPS) is 11.8. The number of unbranched alkanes of at least 4 members (excludes halogenated alkanes) is 4. The quantitative estimate of drug-likeness (QED) is 0.0271. The first kappa shape index (κ1) is 74.6. The second kappa shape index (κ2) is 41.2. The summed E-state index contributed by atoms with van der Waals surface area (Å²) in [7, 11) is 10.3. The summed E-state index contributed by atoms with van der Waals surface area (Å²) in [6.07, 6.45) is 13.7. The van der Waals surface area contributed by atoms with Gasteiger partial charge in [-0.15, -0.1) is 0 Å². The Hall–Kier alpha value is -7.80. The molecule has 0 saturated carbocycles. The predicted molar refractivity (Wildman–Crippen MR) is 392 cm³/mol. The minimum atomic E-state index is 0.123. The molecule has 4 aromatic heterocycles. The maximum atomic E-state index is 6.17. The fourth-order valence-electron chi connectivity index (χ4n) is 11.1. The van der Waals surface area contributed by atoms with Gasteiger partial charge in [-0.3, -0.25) is 20.4 Å². The molecule has 0 fully saturated rings. The van der Waals surface area contributed by atoms with E-state index >= 15 is 0 Å². The van der Waals surface area contributed by atoms with Gasteiger partial charge in [0.25, 0.3) is 0 Å². The third kappa shape index (κ3) is 25.7. The van der Waals surface area contributed by atoms with Gasteiger partial charge in [-0.1, -0.05) is 128 Å². The first-order chi connectivity index (χ1) is 46.2. The van der Waals surface area contributed by atoms with Gasteiger partial charge < -0.3 is 43.3 Å². The fourth-order valence-corrected chi connectivity index (χ4v) is 11.1. The van der Waals surface area contributed by atoms with E-state index < -0.39 is 0 Å². The number of fused-ring (bicyclic) bond motifs is 4. The molecule has 10 rings (SSSR count). The Morgan fingerprint density at radius 2 is 0.737 bits per heavy atom. The van der Waals surface area contributed by atoms with Gasteiger partial charge in [0.1, 0.15) is 23.0 Å². The van der Waals surface area contributed by atoms with Gasteiger partial charge in [-0.25, -0.2) is 0 Å². The van der Waals surface area contributed by atoms with Crippen LogP contribution in [0.2, 0.25) is 0 Å². The molecule has 1 unspecified atom stereocenters. The lowest BCUT2D eigenvalue weighted by molar-refractivity contribution is 0.172. The molecule has 0 radical (unpaired) electrons. The molecule has 95 heavy (non-hydrogen) atoms. The lowest BCUT2D eigenvalue weighted by atomic mass is 10.1. The van der Waals surface area contributed by atoms with E-state index in [2.05, 4.69) is 210 Å². The average Bonchev–Trinajstić information content (AvgIpc) is 1.74. The van der Waals surface area contributed by atoms with Gasteiger partial charge in [0.05, 0.1) is 70.8 Å². The van der Waals surface area contributed by atoms with Crippen LogP contribution in [0.1, 0.15) is 147 Å². The molecule has 6 aromatic carbocycles. The summed E-state index contributed by atoms with van der Waals surface area (Å²) in [6.45, 7) is 26.2. The summed E-state index contributed by atoms with van der Waals surface area (Å²) in [5, 5.41) is 34.9. The molecule has 514 valence electrons. The van der Waals surface area contributed by atoms with Crippen molar-refractivity contribution in [2.45, 2.75) is 158 Å². The van der Waals surface area contributed by atoms with Crippen molar-refractivity contribution < 1.29 is 23.7 Å². The smallest absolute Gasteiger partial charge is 0.120 e. The summed E-state index contributed by atoms with van der Waals surface area (Å²) in [6, 6.07) is 45.4. The van der Waals surface area contributed by atoms with Crippen LogP contribution in [0.3, 0.4) is 0 Å². The Balaban J connectivity index is 0.000000179. The van der Waals surface area contributed by atoms with E-state index in [0.717, 1.165) is 170 Å². The van der Waals surface area contributed by atoms with Gasteiger partial charge in [0.2, 0.25) is 0 Å². The molecule has 0 aliphatic rings. The molecule has 17 heteroatoms. The number of nitrogens with one attached hydrogen (secondary N) is 4. The van der Waals surface area contributed by atoms with E-state index in [0.29, 0.717) is 19.1 Å². The maximum Gasteiger partial charge on any atom is 0.120 e. The first-order valence-electron chi connectivity index (χ1n) is 35.0. The fraction of sp³-hybridized carbons (Fsp3) is 0.487. The standard InChI is InChI=1S/C22H29N3O.C21H27N3O.C18H29N3O.C17H27N3O2/c1-4-5-13-25(3)16-22-20-15-19(11-12-21(20)23-24-22)26-17(2)14-18-9-7-6-8-10-18;1-3-4-13-24(2)16-21-19-15-18(10-11-20(19)22-23-21)25-14-12-17-8-6-5-7-9-17;1-5-6-10-21(4)13-18-16-12-15(22-11-9-14(2)3)7-8-17(16)19-20-18;1-4-5-9-20(2)13-17-15-12-14(22-11-6-10-21-3)7-8-16(15)18-19-17/h6-12,15,17H,4-5,13-14,16H2,1-3H3,(H,23,24);5-11,15H,3-4,12-14,16H2,1-2H3,(H,22,23);7-8,12,14H,5-6,9-11,13H2,1-4H3,(H,19,20);7-8,12H,4-6,9-11,13H2,1-3H3,(H,18,19). The number of H-pyrrole nitrogens is 4. The summed E-state index contributed by atoms with van der Waals surface area (Å²) in [5.74, 6) is 4.30. The highest BCUT2D eigenvalue weighted by molar-refractivity contribution is 5.85. The summed E-state index contributed by atoms with van der Waals surface area (Å²) >= 11 is 0. The molecule has 0 bridgehead atoms. The number of hydrogen-bond donors (Lipinski definition) is 4. The van der Waals surface area contributed by atoms with E-state index in [1.807, 2.05) is 60.7 Å². The van der Waals surface area contributed by atoms with Crippen molar-refractivity contribution in [3.8, 4) is 23.0 Å². The molecule has 4 heterocycles. The van der Waals surface area contributed by atoms with E-state index in [9.17, 15) is 0 Å². The molecule has 0 saturated heterocycles. The Labute approximate surface area is 567 Å². The Kier molecular flexibility index (Phi) is 32.4. The third-order valence-electron chi connectivity index (χ3n) is 16.6. The van der Waals surface area contributed by atoms with Crippen molar-refractivity contribution in [2.24, 2.45) is 5.92 Å².